The quantitative estimate of drug-likeness (QED) is 0.358. The number of rotatable bonds is 1. The van der Waals surface area contributed by atoms with Crippen molar-refractivity contribution in [3.05, 3.63) is 0 Å². The van der Waals surface area contributed by atoms with Crippen molar-refractivity contribution in [3.8, 4) is 0 Å². The van der Waals surface area contributed by atoms with Gasteiger partial charge in [0.2, 0.25) is 0 Å². The van der Waals surface area contributed by atoms with Crippen molar-refractivity contribution < 1.29 is 9.26 Å². The highest BCUT2D eigenvalue weighted by Crippen LogP contribution is 1.31. The van der Waals surface area contributed by atoms with Crippen LogP contribution in [-0.4, -0.2) is 24.3 Å². The van der Waals surface area contributed by atoms with Crippen molar-refractivity contribution in [3.63, 3.8) is 0 Å². The molecule has 30 valence electrons. The summed E-state index contributed by atoms with van der Waals surface area (Å²) in [6.45, 7) is 0. The van der Waals surface area contributed by atoms with E-state index < -0.39 is 9.09 Å². The zero-order valence-electron chi connectivity index (χ0n) is 2.86. The van der Waals surface area contributed by atoms with Gasteiger partial charge in [0.1, 0.15) is 10.4 Å². The lowest BCUT2D eigenvalue weighted by Gasteiger charge is -1.75. The van der Waals surface area contributed by atoms with Gasteiger partial charge in [-0.25, -0.2) is 0 Å². The second kappa shape index (κ2) is 2.09. The van der Waals surface area contributed by atoms with Crippen LogP contribution in [-0.2, 0) is 4.46 Å². The van der Waals surface area contributed by atoms with Crippen LogP contribution in [0.2, 0.25) is 0 Å². The van der Waals surface area contributed by atoms with E-state index in [9.17, 15) is 4.46 Å². The van der Waals surface area contributed by atoms with Gasteiger partial charge >= 0.3 is 9.09 Å². The standard InChI is InChI=1S/H5NO2Si2/c2-5(3)1-4/h1-2H,4H3. The third-order valence-corrected chi connectivity index (χ3v) is 1.92. The van der Waals surface area contributed by atoms with Crippen molar-refractivity contribution >= 4 is 19.5 Å². The molecule has 0 fully saturated rings. The van der Waals surface area contributed by atoms with E-state index >= 15 is 0 Å². The molecule has 0 atom stereocenters. The van der Waals surface area contributed by atoms with E-state index in [1.54, 1.807) is 0 Å². The molecule has 0 spiro atoms. The van der Waals surface area contributed by atoms with Gasteiger partial charge in [-0.15, -0.1) is 0 Å². The maximum Gasteiger partial charge on any atom is 0.623 e. The second-order valence-electron chi connectivity index (χ2n) is 0.555. The van der Waals surface area contributed by atoms with Crippen LogP contribution < -0.4 is 4.65 Å². The summed E-state index contributed by atoms with van der Waals surface area (Å²) in [4.78, 5) is 7.83. The summed E-state index contributed by atoms with van der Waals surface area (Å²) in [5.41, 5.74) is 0. The van der Waals surface area contributed by atoms with Gasteiger partial charge in [0.05, 0.1) is 0 Å². The average molecular weight is 107 g/mol. The number of nitrogens with one attached hydrogen (secondary N) is 1. The Morgan fingerprint density at radius 3 is 2.20 bits per heavy atom. The highest BCUT2D eigenvalue weighted by molar-refractivity contribution is 6.40. The lowest BCUT2D eigenvalue weighted by molar-refractivity contribution is 0.443. The Morgan fingerprint density at radius 1 is 2.00 bits per heavy atom. The lowest BCUT2D eigenvalue weighted by Crippen LogP contribution is -2.20. The van der Waals surface area contributed by atoms with Crippen molar-refractivity contribution in [2.24, 2.45) is 0 Å². The fraction of sp³-hybridized carbons (Fsp3) is 0. The van der Waals surface area contributed by atoms with Gasteiger partial charge < -0.3 is 13.9 Å². The Bertz CT molecular complexity index is 42.9. The molecule has 0 rings (SSSR count). The molecule has 0 radical (unpaired) electrons. The van der Waals surface area contributed by atoms with Gasteiger partial charge in [-0.2, -0.15) is 0 Å². The molecule has 2 N–H and O–H groups in total. The fourth-order valence-corrected chi connectivity index (χ4v) is 0. The Labute approximate surface area is 34.4 Å². The molecule has 5 heavy (non-hydrogen) atoms. The van der Waals surface area contributed by atoms with E-state index in [2.05, 4.69) is 4.65 Å². The third-order valence-electron chi connectivity index (χ3n) is 0.214. The molecular weight excluding hydrogens is 102 g/mol. The monoisotopic (exact) mass is 107 g/mol. The molecule has 0 saturated heterocycles. The lowest BCUT2D eigenvalue weighted by atomic mass is 13.9. The fourth-order valence-electron chi connectivity index (χ4n) is 0. The first kappa shape index (κ1) is 4.83. The summed E-state index contributed by atoms with van der Waals surface area (Å²) in [7, 11) is -1.71. The van der Waals surface area contributed by atoms with Crippen LogP contribution in [0.15, 0.2) is 0 Å². The normalized spacial score (nSPS) is 7.20. The molecule has 3 nitrogen and oxygen atoms in total. The molecule has 0 aromatic heterocycles. The largest absolute Gasteiger partial charge is 0.623 e. The topological polar surface area (TPSA) is 49.3 Å². The van der Waals surface area contributed by atoms with Crippen LogP contribution in [0.4, 0.5) is 0 Å². The van der Waals surface area contributed by atoms with E-state index in [-0.39, 0.29) is 0 Å². The molecule has 0 heterocycles. The highest BCUT2D eigenvalue weighted by Gasteiger charge is 1.87. The van der Waals surface area contributed by atoms with E-state index in [1.165, 1.54) is 0 Å². The van der Waals surface area contributed by atoms with E-state index in [0.717, 1.165) is 0 Å². The zero-order chi connectivity index (χ0) is 4.28. The van der Waals surface area contributed by atoms with Crippen molar-refractivity contribution in [2.45, 2.75) is 0 Å². The molecule has 0 aromatic carbocycles. The highest BCUT2D eigenvalue weighted by atomic mass is 28.3. The third kappa shape index (κ3) is 3.83. The second-order valence-corrected chi connectivity index (χ2v) is 3.17. The van der Waals surface area contributed by atoms with Crippen LogP contribution in [0.5, 0.6) is 0 Å². The molecule has 0 aliphatic carbocycles. The predicted molar refractivity (Wildman–Crippen MR) is 21.7 cm³/mol. The minimum Gasteiger partial charge on any atom is -0.525 e. The summed E-state index contributed by atoms with van der Waals surface area (Å²) in [6.07, 6.45) is 0. The minimum absolute atomic E-state index is 0.606. The van der Waals surface area contributed by atoms with E-state index in [1.807, 2.05) is 0 Å². The van der Waals surface area contributed by atoms with Gasteiger partial charge in [0.25, 0.3) is 0 Å². The van der Waals surface area contributed by atoms with Gasteiger partial charge in [-0.1, -0.05) is 0 Å². The summed E-state index contributed by atoms with van der Waals surface area (Å²) < 4.78 is 11.7. The van der Waals surface area contributed by atoms with Gasteiger partial charge in [0.15, 0.2) is 0 Å². The minimum atomic E-state index is -2.31. The maximum atomic E-state index is 9.48. The number of hydrogen-bond acceptors (Lipinski definition) is 1. The summed E-state index contributed by atoms with van der Waals surface area (Å²) in [5.74, 6) is 0. The maximum absolute atomic E-state index is 9.48. The van der Waals surface area contributed by atoms with Gasteiger partial charge in [-0.3, -0.25) is 0 Å². The molecule has 0 aliphatic rings. The number of hydrogen-bond donors (Lipinski definition) is 2. The Hall–Kier alpha value is -0.166. The molecule has 0 saturated carbocycles. The smallest absolute Gasteiger partial charge is 0.525 e. The summed E-state index contributed by atoms with van der Waals surface area (Å²) >= 11 is 0. The molecule has 0 amide bonds. The molecule has 5 heteroatoms. The van der Waals surface area contributed by atoms with Gasteiger partial charge in [0, 0.05) is 0 Å². The zero-order valence-corrected chi connectivity index (χ0v) is 5.86. The van der Waals surface area contributed by atoms with Gasteiger partial charge in [-0.05, 0) is 0 Å². The van der Waals surface area contributed by atoms with Crippen molar-refractivity contribution in [1.29, 1.82) is 0 Å². The van der Waals surface area contributed by atoms with E-state index in [0.29, 0.717) is 10.4 Å². The first-order valence-electron chi connectivity index (χ1n) is 1.18. The van der Waals surface area contributed by atoms with Crippen LogP contribution in [0, 0.1) is 0 Å². The molecule has 0 unspecified atom stereocenters. The van der Waals surface area contributed by atoms with Crippen molar-refractivity contribution in [2.75, 3.05) is 0 Å². The Morgan fingerprint density at radius 2 is 2.20 bits per heavy atom. The SMILES string of the molecule is O=[Si](O)N[SiH3]. The molecule has 0 bridgehead atoms. The summed E-state index contributed by atoms with van der Waals surface area (Å²) in [6, 6.07) is 0. The van der Waals surface area contributed by atoms with Crippen LogP contribution in [0.1, 0.15) is 0 Å². The first-order chi connectivity index (χ1) is 2.27. The molecule has 0 aliphatic heterocycles. The van der Waals surface area contributed by atoms with Crippen LogP contribution in [0.3, 0.4) is 0 Å². The average Bonchev–Trinajstić information content (AvgIpc) is 1.38. The molecule has 0 aromatic rings. The Kier molecular flexibility index (Phi) is 2.02. The first-order valence-corrected chi connectivity index (χ1v) is 3.53. The molecular formula is H5NO2Si2. The van der Waals surface area contributed by atoms with Crippen LogP contribution in [0.25, 0.3) is 0 Å². The predicted octanol–water partition coefficient (Wildman–Crippen LogP) is -2.74. The van der Waals surface area contributed by atoms with Crippen molar-refractivity contribution in [1.82, 2.24) is 4.65 Å². The Balaban J connectivity index is 2.85. The van der Waals surface area contributed by atoms with Crippen LogP contribution >= 0.6 is 0 Å². The summed E-state index contributed by atoms with van der Waals surface area (Å²) in [5, 5.41) is 0. The van der Waals surface area contributed by atoms with E-state index in [4.69, 9.17) is 4.80 Å².